The molecule has 0 radical (unpaired) electrons. The third-order valence-electron chi connectivity index (χ3n) is 5.05. The van der Waals surface area contributed by atoms with Crippen molar-refractivity contribution in [2.75, 3.05) is 13.2 Å². The fourth-order valence-corrected chi connectivity index (χ4v) is 3.82. The molecule has 2 aromatic heterocycles. The third-order valence-corrected chi connectivity index (χ3v) is 5.05. The molecule has 0 unspecified atom stereocenters. The molecule has 0 N–H and O–H groups in total. The number of piperidine rings is 1. The van der Waals surface area contributed by atoms with Crippen LogP contribution in [0.2, 0.25) is 0 Å². The van der Waals surface area contributed by atoms with E-state index in [1.807, 2.05) is 20.8 Å². The Balaban J connectivity index is 1.58. The Bertz CT molecular complexity index is 676. The average molecular weight is 318 g/mol. The lowest BCUT2D eigenvalue weighted by Crippen LogP contribution is -2.48. The molecule has 0 bridgehead atoms. The van der Waals surface area contributed by atoms with E-state index in [2.05, 4.69) is 20.2 Å². The Morgan fingerprint density at radius 2 is 2.04 bits per heavy atom. The van der Waals surface area contributed by atoms with Crippen molar-refractivity contribution in [1.29, 1.82) is 0 Å². The van der Waals surface area contributed by atoms with Gasteiger partial charge in [0.25, 0.3) is 0 Å². The summed E-state index contributed by atoms with van der Waals surface area (Å²) in [5.74, 6) is 2.52. The Morgan fingerprint density at radius 1 is 1.17 bits per heavy atom. The van der Waals surface area contributed by atoms with Gasteiger partial charge in [-0.2, -0.15) is 4.98 Å². The molecule has 0 aliphatic carbocycles. The van der Waals surface area contributed by atoms with Gasteiger partial charge in [0.1, 0.15) is 5.76 Å². The summed E-state index contributed by atoms with van der Waals surface area (Å²) in [4.78, 5) is 6.89. The van der Waals surface area contributed by atoms with Gasteiger partial charge in [0, 0.05) is 31.3 Å². The number of aromatic nitrogens is 3. The molecule has 2 aliphatic heterocycles. The van der Waals surface area contributed by atoms with Crippen LogP contribution in [0, 0.1) is 20.8 Å². The second-order valence-corrected chi connectivity index (χ2v) is 6.61. The van der Waals surface area contributed by atoms with Gasteiger partial charge in [0.2, 0.25) is 5.89 Å². The predicted octanol–water partition coefficient (Wildman–Crippen LogP) is 2.13. The zero-order valence-electron chi connectivity index (χ0n) is 13.8. The second-order valence-electron chi connectivity index (χ2n) is 6.61. The summed E-state index contributed by atoms with van der Waals surface area (Å²) >= 11 is 0. The van der Waals surface area contributed by atoms with E-state index in [4.69, 9.17) is 13.8 Å². The first-order valence-electron chi connectivity index (χ1n) is 8.19. The molecule has 0 saturated carbocycles. The van der Waals surface area contributed by atoms with E-state index in [1.54, 1.807) is 0 Å². The fourth-order valence-electron chi connectivity index (χ4n) is 3.82. The lowest BCUT2D eigenvalue weighted by Gasteiger charge is -2.39. The van der Waals surface area contributed by atoms with Gasteiger partial charge in [-0.1, -0.05) is 10.3 Å². The molecule has 4 heterocycles. The van der Waals surface area contributed by atoms with Crippen molar-refractivity contribution in [3.8, 4) is 0 Å². The van der Waals surface area contributed by atoms with Gasteiger partial charge < -0.3 is 13.8 Å². The Morgan fingerprint density at radius 3 is 2.74 bits per heavy atom. The maximum absolute atomic E-state index is 5.95. The number of hydrogen-bond donors (Lipinski definition) is 0. The average Bonchev–Trinajstić information content (AvgIpc) is 3.23. The number of nitrogens with zero attached hydrogens (tertiary/aromatic N) is 4. The molecule has 0 aromatic carbocycles. The molecule has 7 heteroatoms. The van der Waals surface area contributed by atoms with E-state index in [0.717, 1.165) is 49.9 Å². The molecule has 7 nitrogen and oxygen atoms in total. The van der Waals surface area contributed by atoms with Crippen LogP contribution in [0.3, 0.4) is 0 Å². The molecule has 2 aromatic rings. The monoisotopic (exact) mass is 318 g/mol. The summed E-state index contributed by atoms with van der Waals surface area (Å²) in [7, 11) is 0. The Hall–Kier alpha value is -1.73. The van der Waals surface area contributed by atoms with Crippen molar-refractivity contribution in [3.05, 3.63) is 28.7 Å². The normalized spacial score (nSPS) is 28.2. The summed E-state index contributed by atoms with van der Waals surface area (Å²) in [6.07, 6.45) is 2.26. The summed E-state index contributed by atoms with van der Waals surface area (Å²) in [5.41, 5.74) is 2.15. The summed E-state index contributed by atoms with van der Waals surface area (Å²) in [5, 5.41) is 8.01. The van der Waals surface area contributed by atoms with Crippen molar-refractivity contribution in [3.63, 3.8) is 0 Å². The van der Waals surface area contributed by atoms with Crippen LogP contribution >= 0.6 is 0 Å². The summed E-state index contributed by atoms with van der Waals surface area (Å²) < 4.78 is 16.7. The minimum Gasteiger partial charge on any atom is -0.377 e. The topological polar surface area (TPSA) is 77.4 Å². The van der Waals surface area contributed by atoms with E-state index < -0.39 is 0 Å². The molecule has 0 spiro atoms. The van der Waals surface area contributed by atoms with E-state index in [1.165, 1.54) is 5.56 Å². The first kappa shape index (κ1) is 14.8. The predicted molar refractivity (Wildman–Crippen MR) is 80.9 cm³/mol. The standard InChI is InChI=1S/C16H22N4O3/c1-9-13(10(2)22-18-9)8-20-7-12(16-17-11(3)19-23-16)6-15-14(20)4-5-21-15/h12,14-15H,4-8H2,1-3H3/t12-,14+,15+/m1/s1. The molecular formula is C16H22N4O3. The SMILES string of the molecule is Cc1noc([C@@H]2C[C@@H]3OCC[C@@H]3N(Cc3c(C)noc3C)C2)n1. The lowest BCUT2D eigenvalue weighted by atomic mass is 9.89. The molecule has 2 saturated heterocycles. The van der Waals surface area contributed by atoms with Gasteiger partial charge in [-0.25, -0.2) is 0 Å². The molecule has 2 fully saturated rings. The number of hydrogen-bond acceptors (Lipinski definition) is 7. The number of aryl methyl sites for hydroxylation is 3. The molecule has 4 rings (SSSR count). The maximum Gasteiger partial charge on any atom is 0.231 e. The van der Waals surface area contributed by atoms with Gasteiger partial charge in [-0.3, -0.25) is 4.90 Å². The molecule has 0 amide bonds. The number of fused-ring (bicyclic) bond motifs is 1. The highest BCUT2D eigenvalue weighted by Crippen LogP contribution is 2.36. The van der Waals surface area contributed by atoms with Crippen LogP contribution in [0.15, 0.2) is 9.05 Å². The molecule has 3 atom stereocenters. The first-order chi connectivity index (χ1) is 11.1. The van der Waals surface area contributed by atoms with Crippen LogP contribution in [0.5, 0.6) is 0 Å². The minimum absolute atomic E-state index is 0.219. The highest BCUT2D eigenvalue weighted by molar-refractivity contribution is 5.21. The zero-order valence-corrected chi connectivity index (χ0v) is 13.8. The molecule has 2 aliphatic rings. The Labute approximate surface area is 135 Å². The minimum atomic E-state index is 0.219. The van der Waals surface area contributed by atoms with E-state index in [-0.39, 0.29) is 12.0 Å². The van der Waals surface area contributed by atoms with E-state index in [0.29, 0.717) is 11.9 Å². The number of rotatable bonds is 3. The van der Waals surface area contributed by atoms with Gasteiger partial charge >= 0.3 is 0 Å². The van der Waals surface area contributed by atoms with Gasteiger partial charge in [-0.15, -0.1) is 0 Å². The van der Waals surface area contributed by atoms with Crippen LogP contribution < -0.4 is 0 Å². The van der Waals surface area contributed by atoms with Crippen LogP contribution in [-0.2, 0) is 11.3 Å². The van der Waals surface area contributed by atoms with Crippen molar-refractivity contribution in [2.24, 2.45) is 0 Å². The molecule has 23 heavy (non-hydrogen) atoms. The zero-order chi connectivity index (χ0) is 16.0. The van der Waals surface area contributed by atoms with E-state index >= 15 is 0 Å². The largest absolute Gasteiger partial charge is 0.377 e. The van der Waals surface area contributed by atoms with Crippen LogP contribution in [0.1, 0.15) is 47.5 Å². The quantitative estimate of drug-likeness (QED) is 0.858. The molecular weight excluding hydrogens is 296 g/mol. The van der Waals surface area contributed by atoms with E-state index in [9.17, 15) is 0 Å². The van der Waals surface area contributed by atoms with Gasteiger partial charge in [0.15, 0.2) is 5.82 Å². The Kier molecular flexibility index (Phi) is 3.69. The summed E-state index contributed by atoms with van der Waals surface area (Å²) in [6, 6.07) is 0.448. The van der Waals surface area contributed by atoms with Crippen molar-refractivity contribution in [2.45, 2.75) is 58.2 Å². The smallest absolute Gasteiger partial charge is 0.231 e. The van der Waals surface area contributed by atoms with Gasteiger partial charge in [-0.05, 0) is 33.6 Å². The highest BCUT2D eigenvalue weighted by atomic mass is 16.5. The van der Waals surface area contributed by atoms with Crippen molar-refractivity contribution in [1.82, 2.24) is 20.2 Å². The third kappa shape index (κ3) is 2.68. The number of ether oxygens (including phenoxy) is 1. The van der Waals surface area contributed by atoms with Gasteiger partial charge in [0.05, 0.1) is 17.7 Å². The summed E-state index contributed by atoms with van der Waals surface area (Å²) in [6.45, 7) is 8.37. The second kappa shape index (κ2) is 5.72. The number of likely N-dealkylation sites (tertiary alicyclic amines) is 1. The lowest BCUT2D eigenvalue weighted by molar-refractivity contribution is 0.00825. The van der Waals surface area contributed by atoms with Crippen molar-refractivity contribution < 1.29 is 13.8 Å². The first-order valence-corrected chi connectivity index (χ1v) is 8.19. The maximum atomic E-state index is 5.95. The van der Waals surface area contributed by atoms with Crippen LogP contribution in [0.4, 0.5) is 0 Å². The van der Waals surface area contributed by atoms with Crippen molar-refractivity contribution >= 4 is 0 Å². The molecule has 124 valence electrons. The highest BCUT2D eigenvalue weighted by Gasteiger charge is 2.42. The fraction of sp³-hybridized carbons (Fsp3) is 0.688. The van der Waals surface area contributed by atoms with Crippen LogP contribution in [0.25, 0.3) is 0 Å². The van der Waals surface area contributed by atoms with Crippen LogP contribution in [-0.4, -0.2) is 45.5 Å².